The summed E-state index contributed by atoms with van der Waals surface area (Å²) in [6.45, 7) is 4.36. The molecule has 4 aromatic rings. The number of amides is 1. The van der Waals surface area contributed by atoms with E-state index in [-0.39, 0.29) is 5.56 Å². The van der Waals surface area contributed by atoms with Crippen molar-refractivity contribution in [3.05, 3.63) is 111 Å². The van der Waals surface area contributed by atoms with E-state index in [4.69, 9.17) is 14.9 Å². The fourth-order valence-corrected chi connectivity index (χ4v) is 5.60. The fraction of sp³-hybridized carbons (Fsp3) is 0.303. The van der Waals surface area contributed by atoms with Crippen LogP contribution >= 0.6 is 0 Å². The van der Waals surface area contributed by atoms with E-state index in [1.54, 1.807) is 4.57 Å². The third-order valence-corrected chi connectivity index (χ3v) is 7.60. The van der Waals surface area contributed by atoms with Crippen molar-refractivity contribution >= 4 is 28.7 Å². The highest BCUT2D eigenvalue weighted by molar-refractivity contribution is 6.14. The maximum atomic E-state index is 14.0. The van der Waals surface area contributed by atoms with Crippen molar-refractivity contribution in [3.63, 3.8) is 0 Å². The number of oxime groups is 1. The molecular formula is C33H36N6O3. The summed E-state index contributed by atoms with van der Waals surface area (Å²) in [5, 5.41) is 12.4. The number of benzene rings is 2. The maximum absolute atomic E-state index is 14.0. The quantitative estimate of drug-likeness (QED) is 0.129. The number of carbonyl (C=O) groups is 1. The second-order valence-corrected chi connectivity index (χ2v) is 10.4. The van der Waals surface area contributed by atoms with Crippen molar-refractivity contribution in [2.75, 3.05) is 7.11 Å². The maximum Gasteiger partial charge on any atom is 0.257 e. The Bertz CT molecular complexity index is 1760. The summed E-state index contributed by atoms with van der Waals surface area (Å²) < 4.78 is 3.60. The highest BCUT2D eigenvalue weighted by atomic mass is 16.6. The predicted molar refractivity (Wildman–Crippen MR) is 165 cm³/mol. The van der Waals surface area contributed by atoms with E-state index in [9.17, 15) is 9.59 Å². The minimum atomic E-state index is -0.0228. The molecule has 42 heavy (non-hydrogen) atoms. The van der Waals surface area contributed by atoms with Crippen molar-refractivity contribution in [2.24, 2.45) is 12.2 Å². The third-order valence-electron chi connectivity index (χ3n) is 7.60. The molecule has 2 aromatic carbocycles. The van der Waals surface area contributed by atoms with Crippen LogP contribution in [0.2, 0.25) is 0 Å². The van der Waals surface area contributed by atoms with Crippen LogP contribution in [0.5, 0.6) is 0 Å². The molecule has 1 N–H and O–H groups in total. The van der Waals surface area contributed by atoms with Crippen molar-refractivity contribution in [1.29, 1.82) is 0 Å². The number of carbonyl (C=O) groups excluding carboxylic acids is 1. The standard InChI is InChI=1S/C33H36N6O3/c1-5-10-29-28(33(41)39(22(2)35-29)20-30-27-13-8-9-14-31(27)38(3)36-30)19-23-15-17-24(18-16-23)25-11-6-7-12-26(25)32(34-21-40)37-42-4/h8-9,11-18,21H,5-7,10,19-20H2,1-4H3,(H,34,37,40). The molecule has 9 nitrogen and oxygen atoms in total. The SMILES string of the molecule is CCCc1nc(C)n(Cc2nn(C)c3ccccc23)c(=O)c1Cc1ccc(C2=CCCC=C2/C(=N/OC)NC=O)cc1. The zero-order valence-corrected chi connectivity index (χ0v) is 24.6. The molecule has 0 radical (unpaired) electrons. The normalized spacial score (nSPS) is 13.6. The fourth-order valence-electron chi connectivity index (χ4n) is 5.60. The number of hydrogen-bond acceptors (Lipinski definition) is 6. The molecular weight excluding hydrogens is 528 g/mol. The van der Waals surface area contributed by atoms with Crippen LogP contribution in [0.15, 0.2) is 76.2 Å². The number of allylic oxidation sites excluding steroid dienone is 2. The van der Waals surface area contributed by atoms with E-state index < -0.39 is 0 Å². The smallest absolute Gasteiger partial charge is 0.257 e. The molecule has 1 amide bonds. The molecule has 0 fully saturated rings. The van der Waals surface area contributed by atoms with Crippen LogP contribution in [0.4, 0.5) is 0 Å². The van der Waals surface area contributed by atoms with E-state index in [0.717, 1.165) is 75.8 Å². The van der Waals surface area contributed by atoms with E-state index in [1.165, 1.54) is 7.11 Å². The van der Waals surface area contributed by atoms with Crippen molar-refractivity contribution in [1.82, 2.24) is 24.6 Å². The lowest BCUT2D eigenvalue weighted by atomic mass is 9.90. The second kappa shape index (κ2) is 12.8. The van der Waals surface area contributed by atoms with Gasteiger partial charge >= 0.3 is 0 Å². The van der Waals surface area contributed by atoms with Gasteiger partial charge in [-0.25, -0.2) is 4.98 Å². The molecule has 0 spiro atoms. The number of nitrogens with one attached hydrogen (secondary N) is 1. The van der Waals surface area contributed by atoms with Crippen LogP contribution in [0.1, 0.15) is 60.1 Å². The first kappa shape index (κ1) is 28.7. The van der Waals surface area contributed by atoms with Gasteiger partial charge in [0.05, 0.1) is 23.4 Å². The predicted octanol–water partition coefficient (Wildman–Crippen LogP) is 4.84. The minimum absolute atomic E-state index is 0.0228. The first-order valence-corrected chi connectivity index (χ1v) is 14.3. The van der Waals surface area contributed by atoms with E-state index in [1.807, 2.05) is 67.2 Å². The monoisotopic (exact) mass is 564 g/mol. The number of aromatic nitrogens is 4. The zero-order chi connectivity index (χ0) is 29.6. The summed E-state index contributed by atoms with van der Waals surface area (Å²) in [7, 11) is 3.37. The second-order valence-electron chi connectivity index (χ2n) is 10.4. The van der Waals surface area contributed by atoms with Gasteiger partial charge in [0.1, 0.15) is 12.9 Å². The highest BCUT2D eigenvalue weighted by Gasteiger charge is 2.20. The molecule has 2 aromatic heterocycles. The number of aryl methyl sites for hydroxylation is 3. The van der Waals surface area contributed by atoms with Crippen LogP contribution in [0.3, 0.4) is 0 Å². The number of amidine groups is 1. The zero-order valence-electron chi connectivity index (χ0n) is 24.6. The Balaban J connectivity index is 1.46. The Morgan fingerprint density at radius 3 is 2.60 bits per heavy atom. The van der Waals surface area contributed by atoms with E-state index >= 15 is 0 Å². The third kappa shape index (κ3) is 5.81. The van der Waals surface area contributed by atoms with Crippen LogP contribution in [-0.4, -0.2) is 38.7 Å². The van der Waals surface area contributed by atoms with Crippen molar-refractivity contribution in [3.8, 4) is 0 Å². The number of rotatable bonds is 10. The average Bonchev–Trinajstić information content (AvgIpc) is 3.32. The van der Waals surface area contributed by atoms with Gasteiger partial charge < -0.3 is 10.2 Å². The van der Waals surface area contributed by atoms with Crippen molar-refractivity contribution < 1.29 is 9.63 Å². The van der Waals surface area contributed by atoms with Crippen LogP contribution in [-0.2, 0) is 36.1 Å². The van der Waals surface area contributed by atoms with Gasteiger partial charge in [0.25, 0.3) is 5.56 Å². The first-order chi connectivity index (χ1) is 20.4. The van der Waals surface area contributed by atoms with Gasteiger partial charge in [-0.3, -0.25) is 18.8 Å². The minimum Gasteiger partial charge on any atom is -0.397 e. The Labute approximate surface area is 245 Å². The molecule has 2 heterocycles. The summed E-state index contributed by atoms with van der Waals surface area (Å²) in [6, 6.07) is 16.3. The number of para-hydroxylation sites is 1. The Hall–Kier alpha value is -4.79. The molecule has 0 aliphatic heterocycles. The molecule has 0 atom stereocenters. The molecule has 1 aliphatic rings. The lowest BCUT2D eigenvalue weighted by molar-refractivity contribution is -0.108. The van der Waals surface area contributed by atoms with Crippen LogP contribution in [0.25, 0.3) is 16.5 Å². The highest BCUT2D eigenvalue weighted by Crippen LogP contribution is 2.29. The molecule has 0 saturated heterocycles. The summed E-state index contributed by atoms with van der Waals surface area (Å²) in [4.78, 5) is 35.0. The van der Waals surface area contributed by atoms with Gasteiger partial charge in [-0.2, -0.15) is 5.10 Å². The molecule has 5 rings (SSSR count). The number of hydrogen-bond donors (Lipinski definition) is 1. The summed E-state index contributed by atoms with van der Waals surface area (Å²) >= 11 is 0. The van der Waals surface area contributed by atoms with Gasteiger partial charge in [0, 0.05) is 30.0 Å². The Kier molecular flexibility index (Phi) is 8.76. The number of fused-ring (bicyclic) bond motifs is 1. The largest absolute Gasteiger partial charge is 0.397 e. The summed E-state index contributed by atoms with van der Waals surface area (Å²) in [5.41, 5.74) is 7.25. The Morgan fingerprint density at radius 2 is 1.86 bits per heavy atom. The van der Waals surface area contributed by atoms with Gasteiger partial charge in [-0.15, -0.1) is 0 Å². The summed E-state index contributed by atoms with van der Waals surface area (Å²) in [6.07, 6.45) is 8.66. The number of nitrogens with zero attached hydrogens (tertiary/aromatic N) is 5. The van der Waals surface area contributed by atoms with Gasteiger partial charge in [-0.05, 0) is 49.0 Å². The average molecular weight is 565 g/mol. The molecule has 0 unspecified atom stereocenters. The lowest BCUT2D eigenvalue weighted by Gasteiger charge is -2.18. The van der Waals surface area contributed by atoms with E-state index in [0.29, 0.717) is 31.0 Å². The first-order valence-electron chi connectivity index (χ1n) is 14.3. The van der Waals surface area contributed by atoms with Gasteiger partial charge in [-0.1, -0.05) is 73.1 Å². The molecule has 0 bridgehead atoms. The van der Waals surface area contributed by atoms with Gasteiger partial charge in [0.15, 0.2) is 5.84 Å². The van der Waals surface area contributed by atoms with Crippen LogP contribution < -0.4 is 10.9 Å². The molecule has 0 saturated carbocycles. The molecule has 216 valence electrons. The summed E-state index contributed by atoms with van der Waals surface area (Å²) in [5.74, 6) is 1.07. The van der Waals surface area contributed by atoms with Crippen molar-refractivity contribution in [2.45, 2.75) is 52.5 Å². The topological polar surface area (TPSA) is 103 Å². The molecule has 9 heteroatoms. The van der Waals surface area contributed by atoms with E-state index in [2.05, 4.69) is 29.5 Å². The molecule has 1 aliphatic carbocycles. The Morgan fingerprint density at radius 1 is 1.10 bits per heavy atom. The van der Waals surface area contributed by atoms with Gasteiger partial charge in [0.2, 0.25) is 6.41 Å². The van der Waals surface area contributed by atoms with Crippen LogP contribution in [0, 0.1) is 6.92 Å². The lowest BCUT2D eigenvalue weighted by Crippen LogP contribution is -2.30.